The molecule has 0 aliphatic heterocycles. The van der Waals surface area contributed by atoms with E-state index in [0.717, 1.165) is 39.2 Å². The van der Waals surface area contributed by atoms with Gasteiger partial charge in [0.2, 0.25) is 0 Å². The number of hydrogen-bond acceptors (Lipinski definition) is 7. The molecule has 8 heteroatoms. The van der Waals surface area contributed by atoms with Crippen LogP contribution in [0.25, 0.3) is 22.2 Å². The number of amides is 1. The van der Waals surface area contributed by atoms with Crippen LogP contribution < -0.4 is 10.6 Å². The number of nitrogens with zero attached hydrogens (tertiary/aromatic N) is 4. The molecule has 0 aliphatic rings. The van der Waals surface area contributed by atoms with E-state index in [0.29, 0.717) is 11.4 Å². The number of carbonyl (C=O) groups excluding carboxylic acids is 1. The third-order valence-electron chi connectivity index (χ3n) is 5.17. The van der Waals surface area contributed by atoms with Crippen molar-refractivity contribution in [2.45, 2.75) is 19.1 Å². The van der Waals surface area contributed by atoms with Crippen molar-refractivity contribution in [3.05, 3.63) is 78.0 Å². The molecule has 3 aromatic heterocycles. The van der Waals surface area contributed by atoms with Gasteiger partial charge in [-0.05, 0) is 37.6 Å². The quantitative estimate of drug-likeness (QED) is 0.402. The Morgan fingerprint density at radius 1 is 1.09 bits per heavy atom. The first kappa shape index (κ1) is 21.7. The van der Waals surface area contributed by atoms with Crippen LogP contribution in [-0.4, -0.2) is 38.8 Å². The van der Waals surface area contributed by atoms with Gasteiger partial charge in [0, 0.05) is 47.4 Å². The molecule has 0 radical (unpaired) electrons. The van der Waals surface area contributed by atoms with Gasteiger partial charge >= 0.3 is 0 Å². The average molecular weight is 445 g/mol. The number of anilines is 1. The SMILES string of the molecule is CNC(=O)c1ccnc2c([C@H](C)SCNc3cc(-c4ccc(C)nc4)ncn3)cccc12. The number of aromatic nitrogens is 4. The fourth-order valence-corrected chi connectivity index (χ4v) is 4.27. The zero-order valence-corrected chi connectivity index (χ0v) is 19.0. The highest BCUT2D eigenvalue weighted by Crippen LogP contribution is 2.33. The number of rotatable bonds is 7. The number of aryl methyl sites for hydroxylation is 1. The lowest BCUT2D eigenvalue weighted by Gasteiger charge is -2.15. The number of pyridine rings is 2. The van der Waals surface area contributed by atoms with Crippen LogP contribution in [0.5, 0.6) is 0 Å². The molecule has 0 aliphatic carbocycles. The summed E-state index contributed by atoms with van der Waals surface area (Å²) < 4.78 is 0. The molecule has 0 fully saturated rings. The number of thioether (sulfide) groups is 1. The number of benzene rings is 1. The predicted molar refractivity (Wildman–Crippen MR) is 130 cm³/mol. The van der Waals surface area contributed by atoms with E-state index in [4.69, 9.17) is 0 Å². The summed E-state index contributed by atoms with van der Waals surface area (Å²) in [6.07, 6.45) is 5.06. The van der Waals surface area contributed by atoms with Crippen molar-refractivity contribution in [1.82, 2.24) is 25.3 Å². The predicted octanol–water partition coefficient (Wildman–Crippen LogP) is 4.62. The van der Waals surface area contributed by atoms with Gasteiger partial charge in [-0.15, -0.1) is 11.8 Å². The van der Waals surface area contributed by atoms with Crippen molar-refractivity contribution in [1.29, 1.82) is 0 Å². The van der Waals surface area contributed by atoms with Crippen LogP contribution in [0, 0.1) is 6.92 Å². The lowest BCUT2D eigenvalue weighted by atomic mass is 10.0. The van der Waals surface area contributed by atoms with Crippen LogP contribution in [0.15, 0.2) is 61.2 Å². The summed E-state index contributed by atoms with van der Waals surface area (Å²) in [4.78, 5) is 29.8. The first-order valence-corrected chi connectivity index (χ1v) is 11.3. The van der Waals surface area contributed by atoms with Gasteiger partial charge in [0.25, 0.3) is 5.91 Å². The van der Waals surface area contributed by atoms with E-state index in [-0.39, 0.29) is 11.2 Å². The third-order valence-corrected chi connectivity index (χ3v) is 6.24. The van der Waals surface area contributed by atoms with Crippen molar-refractivity contribution < 1.29 is 4.79 Å². The fourth-order valence-electron chi connectivity index (χ4n) is 3.42. The Labute approximate surface area is 191 Å². The molecule has 4 rings (SSSR count). The Balaban J connectivity index is 1.46. The van der Waals surface area contributed by atoms with E-state index < -0.39 is 0 Å². The van der Waals surface area contributed by atoms with E-state index in [9.17, 15) is 4.79 Å². The summed E-state index contributed by atoms with van der Waals surface area (Å²) in [5.41, 5.74) is 5.33. The second kappa shape index (κ2) is 9.74. The normalized spacial score (nSPS) is 11.8. The Hall–Kier alpha value is -3.52. The number of para-hydroxylation sites is 1. The van der Waals surface area contributed by atoms with E-state index in [1.165, 1.54) is 0 Å². The van der Waals surface area contributed by atoms with Crippen LogP contribution >= 0.6 is 11.8 Å². The second-order valence-electron chi connectivity index (χ2n) is 7.29. The van der Waals surface area contributed by atoms with Crippen molar-refractivity contribution in [2.75, 3.05) is 18.2 Å². The van der Waals surface area contributed by atoms with Crippen molar-refractivity contribution >= 4 is 34.4 Å². The molecule has 2 N–H and O–H groups in total. The third kappa shape index (κ3) is 4.70. The highest BCUT2D eigenvalue weighted by Gasteiger charge is 2.15. The Morgan fingerprint density at radius 3 is 2.75 bits per heavy atom. The summed E-state index contributed by atoms with van der Waals surface area (Å²) >= 11 is 1.74. The van der Waals surface area contributed by atoms with Gasteiger partial charge in [0.1, 0.15) is 12.1 Å². The highest BCUT2D eigenvalue weighted by molar-refractivity contribution is 7.99. The molecule has 1 atom stereocenters. The minimum Gasteiger partial charge on any atom is -0.361 e. The smallest absolute Gasteiger partial charge is 0.251 e. The summed E-state index contributed by atoms with van der Waals surface area (Å²) in [5, 5.41) is 7.08. The summed E-state index contributed by atoms with van der Waals surface area (Å²) in [6.45, 7) is 4.10. The Morgan fingerprint density at radius 2 is 1.97 bits per heavy atom. The summed E-state index contributed by atoms with van der Waals surface area (Å²) in [6, 6.07) is 13.6. The Kier molecular flexibility index (Phi) is 6.61. The van der Waals surface area contributed by atoms with Crippen LogP contribution in [0.2, 0.25) is 0 Å². The molecule has 0 saturated heterocycles. The topological polar surface area (TPSA) is 92.7 Å². The lowest BCUT2D eigenvalue weighted by molar-refractivity contribution is 0.0964. The highest BCUT2D eigenvalue weighted by atomic mass is 32.2. The van der Waals surface area contributed by atoms with Crippen LogP contribution in [-0.2, 0) is 0 Å². The Bertz CT molecular complexity index is 1240. The average Bonchev–Trinajstić information content (AvgIpc) is 2.83. The van der Waals surface area contributed by atoms with Crippen molar-refractivity contribution in [3.63, 3.8) is 0 Å². The van der Waals surface area contributed by atoms with Gasteiger partial charge in [-0.25, -0.2) is 9.97 Å². The van der Waals surface area contributed by atoms with Crippen molar-refractivity contribution in [2.24, 2.45) is 0 Å². The lowest BCUT2D eigenvalue weighted by Crippen LogP contribution is -2.18. The van der Waals surface area contributed by atoms with Gasteiger partial charge in [0.15, 0.2) is 0 Å². The maximum atomic E-state index is 12.2. The minimum absolute atomic E-state index is 0.111. The van der Waals surface area contributed by atoms with Crippen molar-refractivity contribution in [3.8, 4) is 11.3 Å². The maximum Gasteiger partial charge on any atom is 0.251 e. The molecule has 0 bridgehead atoms. The van der Waals surface area contributed by atoms with Crippen LogP contribution in [0.1, 0.15) is 33.8 Å². The molecule has 162 valence electrons. The maximum absolute atomic E-state index is 12.2. The molecule has 0 spiro atoms. The van der Waals surface area contributed by atoms with E-state index in [2.05, 4.69) is 43.6 Å². The molecule has 4 aromatic rings. The first-order chi connectivity index (χ1) is 15.6. The monoisotopic (exact) mass is 444 g/mol. The first-order valence-electron chi connectivity index (χ1n) is 10.3. The molecule has 0 saturated carbocycles. The summed E-state index contributed by atoms with van der Waals surface area (Å²) in [7, 11) is 1.64. The zero-order chi connectivity index (χ0) is 22.5. The molecule has 0 unspecified atom stereocenters. The molecule has 7 nitrogen and oxygen atoms in total. The number of carbonyl (C=O) groups is 1. The van der Waals surface area contributed by atoms with Gasteiger partial charge < -0.3 is 10.6 Å². The van der Waals surface area contributed by atoms with Gasteiger partial charge in [-0.3, -0.25) is 14.8 Å². The molecular weight excluding hydrogens is 420 g/mol. The van der Waals surface area contributed by atoms with E-state index in [1.807, 2.05) is 43.5 Å². The molecule has 1 amide bonds. The van der Waals surface area contributed by atoms with Gasteiger partial charge in [-0.1, -0.05) is 18.2 Å². The van der Waals surface area contributed by atoms with Gasteiger partial charge in [-0.2, -0.15) is 0 Å². The molecular formula is C24H24N6OS. The van der Waals surface area contributed by atoms with E-state index in [1.54, 1.807) is 37.4 Å². The molecule has 1 aromatic carbocycles. The van der Waals surface area contributed by atoms with Crippen LogP contribution in [0.3, 0.4) is 0 Å². The second-order valence-corrected chi connectivity index (χ2v) is 8.62. The van der Waals surface area contributed by atoms with Gasteiger partial charge in [0.05, 0.1) is 22.7 Å². The largest absolute Gasteiger partial charge is 0.361 e. The van der Waals surface area contributed by atoms with E-state index >= 15 is 0 Å². The molecule has 3 heterocycles. The minimum atomic E-state index is -0.111. The summed E-state index contributed by atoms with van der Waals surface area (Å²) in [5.74, 6) is 1.31. The number of fused-ring (bicyclic) bond motifs is 1. The van der Waals surface area contributed by atoms with Crippen LogP contribution in [0.4, 0.5) is 5.82 Å². The fraction of sp³-hybridized carbons (Fsp3) is 0.208. The number of hydrogen-bond donors (Lipinski definition) is 2. The standard InChI is InChI=1S/C24H24N6OS/c1-15-7-8-17(12-27-15)21-11-22(29-13-28-21)30-14-32-16(2)18-5-4-6-19-20(24(31)25-3)9-10-26-23(18)19/h4-13,16H,14H2,1-3H3,(H,25,31)(H,28,29,30)/t16-/m0/s1. The number of nitrogens with one attached hydrogen (secondary N) is 2. The zero-order valence-electron chi connectivity index (χ0n) is 18.2. The molecule has 32 heavy (non-hydrogen) atoms.